The van der Waals surface area contributed by atoms with Crippen LogP contribution in [0.15, 0.2) is 71.7 Å². The zero-order valence-electron chi connectivity index (χ0n) is 16.8. The van der Waals surface area contributed by atoms with Gasteiger partial charge in [-0.3, -0.25) is 9.79 Å². The van der Waals surface area contributed by atoms with Gasteiger partial charge in [-0.2, -0.15) is 0 Å². The second kappa shape index (κ2) is 9.55. The molecule has 0 unspecified atom stereocenters. The fourth-order valence-corrected chi connectivity index (χ4v) is 2.69. The molecule has 29 heavy (non-hydrogen) atoms. The third kappa shape index (κ3) is 5.69. The van der Waals surface area contributed by atoms with Crippen molar-refractivity contribution in [3.8, 4) is 11.5 Å². The molecule has 0 aliphatic heterocycles. The number of carbonyl (C=O) groups is 1. The van der Waals surface area contributed by atoms with Gasteiger partial charge < -0.3 is 14.8 Å². The van der Waals surface area contributed by atoms with E-state index in [2.05, 4.69) is 36.3 Å². The number of para-hydroxylation sites is 2. The number of ether oxygens (including phenoxy) is 2. The second-order valence-corrected chi connectivity index (χ2v) is 6.63. The van der Waals surface area contributed by atoms with Gasteiger partial charge in [-0.25, -0.2) is 0 Å². The molecule has 0 aliphatic carbocycles. The van der Waals surface area contributed by atoms with E-state index >= 15 is 0 Å². The number of benzene rings is 3. The van der Waals surface area contributed by atoms with E-state index in [1.807, 2.05) is 48.7 Å². The van der Waals surface area contributed by atoms with E-state index in [9.17, 15) is 4.79 Å². The largest absolute Gasteiger partial charge is 0.495 e. The molecule has 0 bridgehead atoms. The van der Waals surface area contributed by atoms with Crippen molar-refractivity contribution >= 4 is 23.5 Å². The van der Waals surface area contributed by atoms with Crippen molar-refractivity contribution in [2.24, 2.45) is 4.99 Å². The smallest absolute Gasteiger partial charge is 0.262 e. The molecule has 0 atom stereocenters. The highest BCUT2D eigenvalue weighted by Gasteiger charge is 2.07. The second-order valence-electron chi connectivity index (χ2n) is 6.63. The number of carbonyl (C=O) groups excluding carboxylic acids is 1. The summed E-state index contributed by atoms with van der Waals surface area (Å²) in [6, 6.07) is 20.8. The molecule has 3 aromatic carbocycles. The van der Waals surface area contributed by atoms with Crippen LogP contribution < -0.4 is 14.8 Å². The molecule has 0 aromatic heterocycles. The minimum Gasteiger partial charge on any atom is -0.495 e. The Labute approximate surface area is 171 Å². The third-order valence-electron chi connectivity index (χ3n) is 4.48. The Balaban J connectivity index is 1.54. The highest BCUT2D eigenvalue weighted by atomic mass is 16.5. The number of aryl methyl sites for hydroxylation is 2. The summed E-state index contributed by atoms with van der Waals surface area (Å²) in [5.41, 5.74) is 4.95. The van der Waals surface area contributed by atoms with Gasteiger partial charge in [0.15, 0.2) is 6.61 Å². The summed E-state index contributed by atoms with van der Waals surface area (Å²) in [5, 5.41) is 2.78. The molecular formula is C24H24N2O3. The van der Waals surface area contributed by atoms with Gasteiger partial charge in [0, 0.05) is 6.21 Å². The zero-order valence-corrected chi connectivity index (χ0v) is 16.8. The fourth-order valence-electron chi connectivity index (χ4n) is 2.69. The van der Waals surface area contributed by atoms with Gasteiger partial charge in [0.25, 0.3) is 5.91 Å². The fraction of sp³-hybridized carbons (Fsp3) is 0.167. The van der Waals surface area contributed by atoms with E-state index in [4.69, 9.17) is 9.47 Å². The molecule has 1 N–H and O–H groups in total. The van der Waals surface area contributed by atoms with Crippen LogP contribution in [-0.2, 0) is 4.79 Å². The molecule has 1 amide bonds. The number of amides is 1. The van der Waals surface area contributed by atoms with Crippen LogP contribution >= 0.6 is 0 Å². The first-order chi connectivity index (χ1) is 14.0. The minimum absolute atomic E-state index is 0.0892. The van der Waals surface area contributed by atoms with E-state index in [1.54, 1.807) is 19.2 Å². The third-order valence-corrected chi connectivity index (χ3v) is 4.48. The molecule has 3 rings (SSSR count). The van der Waals surface area contributed by atoms with Gasteiger partial charge in [0.2, 0.25) is 0 Å². The van der Waals surface area contributed by atoms with Crippen molar-refractivity contribution < 1.29 is 14.3 Å². The lowest BCUT2D eigenvalue weighted by Crippen LogP contribution is -2.20. The lowest BCUT2D eigenvalue weighted by molar-refractivity contribution is -0.118. The molecule has 0 saturated carbocycles. The molecule has 0 saturated heterocycles. The first kappa shape index (κ1) is 20.1. The number of hydrogen-bond donors (Lipinski definition) is 1. The molecule has 148 valence electrons. The van der Waals surface area contributed by atoms with E-state index in [1.165, 1.54) is 11.1 Å². The van der Waals surface area contributed by atoms with Gasteiger partial charge in [-0.05, 0) is 79.1 Å². The average Bonchev–Trinajstić information content (AvgIpc) is 2.74. The molecule has 0 spiro atoms. The van der Waals surface area contributed by atoms with E-state index in [-0.39, 0.29) is 12.5 Å². The van der Waals surface area contributed by atoms with Crippen molar-refractivity contribution in [3.05, 3.63) is 83.4 Å². The first-order valence-electron chi connectivity index (χ1n) is 9.32. The van der Waals surface area contributed by atoms with Crippen LogP contribution in [-0.4, -0.2) is 25.8 Å². The van der Waals surface area contributed by atoms with E-state index in [0.717, 1.165) is 11.3 Å². The summed E-state index contributed by atoms with van der Waals surface area (Å²) in [5.74, 6) is 0.964. The van der Waals surface area contributed by atoms with Crippen molar-refractivity contribution in [2.45, 2.75) is 13.8 Å². The number of methoxy groups -OCH3 is 1. The normalized spacial score (nSPS) is 10.7. The molecule has 0 fully saturated rings. The maximum atomic E-state index is 12.1. The number of nitrogens with zero attached hydrogens (tertiary/aromatic N) is 1. The summed E-state index contributed by atoms with van der Waals surface area (Å²) in [4.78, 5) is 16.6. The predicted molar refractivity (Wildman–Crippen MR) is 117 cm³/mol. The van der Waals surface area contributed by atoms with Crippen molar-refractivity contribution in [1.29, 1.82) is 0 Å². The summed E-state index contributed by atoms with van der Waals surface area (Å²) in [6.45, 7) is 4.07. The van der Waals surface area contributed by atoms with Crippen LogP contribution in [0.25, 0.3) is 0 Å². The molecular weight excluding hydrogens is 364 g/mol. The number of nitrogens with one attached hydrogen (secondary N) is 1. The SMILES string of the molecule is COc1ccccc1NC(=O)COc1ccc(C=Nc2ccc(C)c(C)c2)cc1. The number of anilines is 1. The Morgan fingerprint density at radius 1 is 1.00 bits per heavy atom. The standard InChI is InChI=1S/C24H24N2O3/c1-17-8-11-20(14-18(17)2)25-15-19-9-12-21(13-10-19)29-16-24(27)26-22-6-4-5-7-23(22)28-3/h4-15H,16H2,1-3H3,(H,26,27). The maximum Gasteiger partial charge on any atom is 0.262 e. The lowest BCUT2D eigenvalue weighted by Gasteiger charge is -2.10. The highest BCUT2D eigenvalue weighted by molar-refractivity contribution is 5.93. The Morgan fingerprint density at radius 2 is 1.76 bits per heavy atom. The van der Waals surface area contributed by atoms with E-state index in [0.29, 0.717) is 17.2 Å². The summed E-state index contributed by atoms with van der Waals surface area (Å²) < 4.78 is 10.8. The van der Waals surface area contributed by atoms with Crippen molar-refractivity contribution in [3.63, 3.8) is 0 Å². The monoisotopic (exact) mass is 388 g/mol. The van der Waals surface area contributed by atoms with Crippen LogP contribution in [0.1, 0.15) is 16.7 Å². The summed E-state index contributed by atoms with van der Waals surface area (Å²) >= 11 is 0. The molecule has 0 heterocycles. The lowest BCUT2D eigenvalue weighted by atomic mass is 10.1. The van der Waals surface area contributed by atoms with Gasteiger partial charge in [-0.15, -0.1) is 0 Å². The Kier molecular flexibility index (Phi) is 6.63. The van der Waals surface area contributed by atoms with Crippen LogP contribution in [0, 0.1) is 13.8 Å². The number of rotatable bonds is 7. The summed E-state index contributed by atoms with van der Waals surface area (Å²) in [7, 11) is 1.56. The minimum atomic E-state index is -0.255. The van der Waals surface area contributed by atoms with Gasteiger partial charge in [0.1, 0.15) is 11.5 Å². The van der Waals surface area contributed by atoms with E-state index < -0.39 is 0 Å². The first-order valence-corrected chi connectivity index (χ1v) is 9.32. The van der Waals surface area contributed by atoms with Crippen LogP contribution in [0.5, 0.6) is 11.5 Å². The predicted octanol–water partition coefficient (Wildman–Crippen LogP) is 5.08. The van der Waals surface area contributed by atoms with Crippen LogP contribution in [0.2, 0.25) is 0 Å². The van der Waals surface area contributed by atoms with Crippen molar-refractivity contribution in [2.75, 3.05) is 19.0 Å². The molecule has 5 heteroatoms. The van der Waals surface area contributed by atoms with Gasteiger partial charge >= 0.3 is 0 Å². The van der Waals surface area contributed by atoms with Crippen LogP contribution in [0.3, 0.4) is 0 Å². The van der Waals surface area contributed by atoms with Crippen LogP contribution in [0.4, 0.5) is 11.4 Å². The number of aliphatic imine (C=N–C) groups is 1. The molecule has 0 aliphatic rings. The maximum absolute atomic E-state index is 12.1. The zero-order chi connectivity index (χ0) is 20.6. The quantitative estimate of drug-likeness (QED) is 0.574. The average molecular weight is 388 g/mol. The highest BCUT2D eigenvalue weighted by Crippen LogP contribution is 2.23. The Hall–Kier alpha value is -3.60. The van der Waals surface area contributed by atoms with Crippen molar-refractivity contribution in [1.82, 2.24) is 0 Å². The Bertz CT molecular complexity index is 1010. The summed E-state index contributed by atoms with van der Waals surface area (Å²) in [6.07, 6.45) is 1.81. The molecule has 5 nitrogen and oxygen atoms in total. The van der Waals surface area contributed by atoms with Gasteiger partial charge in [0.05, 0.1) is 18.5 Å². The number of hydrogen-bond acceptors (Lipinski definition) is 4. The molecule has 0 radical (unpaired) electrons. The van der Waals surface area contributed by atoms with Gasteiger partial charge in [-0.1, -0.05) is 18.2 Å². The molecule has 3 aromatic rings. The Morgan fingerprint density at radius 3 is 2.48 bits per heavy atom. The topological polar surface area (TPSA) is 59.9 Å².